The van der Waals surface area contributed by atoms with Gasteiger partial charge in [0.1, 0.15) is 19.0 Å². The van der Waals surface area contributed by atoms with Gasteiger partial charge in [-0.2, -0.15) is 0 Å². The zero-order valence-corrected chi connectivity index (χ0v) is 22.9. The van der Waals surface area contributed by atoms with Crippen LogP contribution in [0.3, 0.4) is 0 Å². The van der Waals surface area contributed by atoms with E-state index in [2.05, 4.69) is 5.32 Å². The minimum Gasteiger partial charge on any atom is -0.460 e. The van der Waals surface area contributed by atoms with Gasteiger partial charge in [0, 0.05) is 17.0 Å². The third-order valence-electron chi connectivity index (χ3n) is 8.17. The van der Waals surface area contributed by atoms with E-state index in [9.17, 15) is 14.4 Å². The Labute approximate surface area is 225 Å². The van der Waals surface area contributed by atoms with Gasteiger partial charge in [-0.1, -0.05) is 6.92 Å². The van der Waals surface area contributed by atoms with Crippen LogP contribution in [0.1, 0.15) is 85.9 Å². The molecule has 1 N–H and O–H groups in total. The van der Waals surface area contributed by atoms with Gasteiger partial charge in [0.15, 0.2) is 0 Å². The molecule has 4 heterocycles. The maximum Gasteiger partial charge on any atom is 0.313 e. The predicted molar refractivity (Wildman–Crippen MR) is 143 cm³/mol. The first-order valence-corrected chi connectivity index (χ1v) is 13.5. The number of amides is 1. The van der Waals surface area contributed by atoms with Gasteiger partial charge in [0.25, 0.3) is 5.56 Å². The molecule has 1 aromatic carbocycles. The molecule has 6 rings (SSSR count). The monoisotopic (exact) mass is 533 g/mol. The lowest BCUT2D eigenvalue weighted by Gasteiger charge is -2.30. The Morgan fingerprint density at radius 1 is 1.23 bits per heavy atom. The van der Waals surface area contributed by atoms with Gasteiger partial charge in [0.2, 0.25) is 5.91 Å². The summed E-state index contributed by atoms with van der Waals surface area (Å²) in [4.78, 5) is 44.0. The van der Waals surface area contributed by atoms with Crippen molar-refractivity contribution >= 4 is 22.8 Å². The molecule has 2 aliphatic heterocycles. The van der Waals surface area contributed by atoms with Crippen LogP contribution in [0.25, 0.3) is 22.3 Å². The lowest BCUT2D eigenvalue weighted by atomic mass is 9.81. The summed E-state index contributed by atoms with van der Waals surface area (Å²) in [6.45, 7) is 9.48. The van der Waals surface area contributed by atoms with E-state index in [0.717, 1.165) is 22.1 Å². The summed E-state index contributed by atoms with van der Waals surface area (Å²) in [5, 5.41) is 3.98. The highest BCUT2D eigenvalue weighted by molar-refractivity contribution is 5.93. The fourth-order valence-corrected chi connectivity index (χ4v) is 6.24. The molecule has 9 heteroatoms. The summed E-state index contributed by atoms with van der Waals surface area (Å²) in [5.74, 6) is -1.42. The summed E-state index contributed by atoms with van der Waals surface area (Å²) >= 11 is 0. The van der Waals surface area contributed by atoms with Gasteiger partial charge in [-0.15, -0.1) is 0 Å². The largest absolute Gasteiger partial charge is 0.460 e. The van der Waals surface area contributed by atoms with Crippen molar-refractivity contribution in [2.75, 3.05) is 6.61 Å². The van der Waals surface area contributed by atoms with Crippen molar-refractivity contribution in [3.63, 3.8) is 0 Å². The number of aryl methyl sites for hydroxylation is 1. The summed E-state index contributed by atoms with van der Waals surface area (Å²) in [6, 6.07) is 2.98. The lowest BCUT2D eigenvalue weighted by Crippen LogP contribution is -2.36. The van der Waals surface area contributed by atoms with Crippen molar-refractivity contribution in [3.05, 3.63) is 61.7 Å². The SMILES string of the molecule is CCC1C(=O)OCc2c1cc1n(c2=O)Cc2c-1nc1cc(F)c(C)c3c1c2C(NC(=O)COC(C)(C)C)CC3. The number of aromatic nitrogens is 2. The number of cyclic esters (lactones) is 1. The number of carbonyl (C=O) groups is 2. The van der Waals surface area contributed by atoms with Crippen molar-refractivity contribution in [1.29, 1.82) is 0 Å². The van der Waals surface area contributed by atoms with Crippen molar-refractivity contribution in [1.82, 2.24) is 14.9 Å². The van der Waals surface area contributed by atoms with E-state index in [1.807, 2.05) is 33.8 Å². The second-order valence-electron chi connectivity index (χ2n) is 11.7. The third-order valence-corrected chi connectivity index (χ3v) is 8.17. The molecule has 8 nitrogen and oxygen atoms in total. The molecule has 2 unspecified atom stereocenters. The van der Waals surface area contributed by atoms with Crippen LogP contribution < -0.4 is 10.9 Å². The number of hydrogen-bond acceptors (Lipinski definition) is 6. The number of nitrogens with zero attached hydrogens (tertiary/aromatic N) is 2. The van der Waals surface area contributed by atoms with Crippen LogP contribution in [0, 0.1) is 12.7 Å². The number of nitrogens with one attached hydrogen (secondary N) is 1. The first kappa shape index (κ1) is 25.7. The molecule has 0 bridgehead atoms. The van der Waals surface area contributed by atoms with Crippen LogP contribution in [0.4, 0.5) is 4.39 Å². The van der Waals surface area contributed by atoms with Crippen LogP contribution in [0.5, 0.6) is 0 Å². The highest BCUT2D eigenvalue weighted by atomic mass is 19.1. The quantitative estimate of drug-likeness (QED) is 0.392. The Bertz CT molecular complexity index is 1640. The van der Waals surface area contributed by atoms with Crippen LogP contribution in [0.2, 0.25) is 0 Å². The Morgan fingerprint density at radius 3 is 2.72 bits per heavy atom. The highest BCUT2D eigenvalue weighted by Crippen LogP contribution is 2.45. The van der Waals surface area contributed by atoms with Crippen LogP contribution in [-0.4, -0.2) is 33.6 Å². The molecule has 1 amide bonds. The predicted octanol–water partition coefficient (Wildman–Crippen LogP) is 4.34. The van der Waals surface area contributed by atoms with E-state index >= 15 is 4.39 Å². The van der Waals surface area contributed by atoms with Crippen LogP contribution in [0.15, 0.2) is 16.9 Å². The zero-order chi connectivity index (χ0) is 27.8. The van der Waals surface area contributed by atoms with E-state index in [4.69, 9.17) is 14.5 Å². The van der Waals surface area contributed by atoms with Gasteiger partial charge >= 0.3 is 5.97 Å². The Kier molecular flexibility index (Phi) is 5.91. The zero-order valence-electron chi connectivity index (χ0n) is 22.9. The highest BCUT2D eigenvalue weighted by Gasteiger charge is 2.37. The second kappa shape index (κ2) is 8.98. The first-order chi connectivity index (χ1) is 18.5. The summed E-state index contributed by atoms with van der Waals surface area (Å²) < 4.78 is 27.7. The number of pyridine rings is 2. The fourth-order valence-electron chi connectivity index (χ4n) is 6.24. The van der Waals surface area contributed by atoms with E-state index in [1.165, 1.54) is 6.07 Å². The molecule has 2 atom stereocenters. The molecule has 1 aliphatic carbocycles. The maximum absolute atomic E-state index is 15.0. The maximum atomic E-state index is 15.0. The van der Waals surface area contributed by atoms with Crippen molar-refractivity contribution < 1.29 is 23.5 Å². The number of rotatable bonds is 4. The normalized spacial score (nSPS) is 19.4. The minimum absolute atomic E-state index is 0.0522. The Balaban J connectivity index is 1.53. The van der Waals surface area contributed by atoms with Crippen molar-refractivity contribution in [2.24, 2.45) is 0 Å². The standard InChI is InChI=1S/C30H32FN3O5/c1-6-15-17-9-23-27-18(11-34(23)28(36)19(17)12-38-29(15)37)26-21(32-24(35)13-39-30(3,4)5)8-7-16-14(2)20(31)10-22(33-27)25(16)26/h9-10,15,21H,6-8,11-13H2,1-5H3,(H,32,35). The average molecular weight is 534 g/mol. The van der Waals surface area contributed by atoms with Crippen LogP contribution >= 0.6 is 0 Å². The number of hydrogen-bond donors (Lipinski definition) is 1. The minimum atomic E-state index is -0.517. The van der Waals surface area contributed by atoms with Gasteiger partial charge in [-0.05, 0) is 75.3 Å². The number of benzene rings is 1. The lowest BCUT2D eigenvalue weighted by molar-refractivity contribution is -0.148. The molecule has 0 fully saturated rings. The number of fused-ring (bicyclic) bond motifs is 5. The molecule has 204 valence electrons. The fraction of sp³-hybridized carbons (Fsp3) is 0.467. The summed E-state index contributed by atoms with van der Waals surface area (Å²) in [5.41, 5.74) is 5.38. The van der Waals surface area contributed by atoms with E-state index in [-0.39, 0.29) is 49.1 Å². The Morgan fingerprint density at radius 2 is 2.00 bits per heavy atom. The molecule has 3 aromatic rings. The number of carbonyl (C=O) groups excluding carboxylic acids is 2. The second-order valence-corrected chi connectivity index (χ2v) is 11.7. The van der Waals surface area contributed by atoms with Gasteiger partial charge in [-0.25, -0.2) is 9.37 Å². The molecule has 0 spiro atoms. The van der Waals surface area contributed by atoms with Gasteiger partial charge in [0.05, 0.1) is 46.6 Å². The van der Waals surface area contributed by atoms with E-state index in [1.54, 1.807) is 11.5 Å². The number of halogens is 1. The number of esters is 1. The van der Waals surface area contributed by atoms with Crippen molar-refractivity contribution in [2.45, 2.75) is 84.6 Å². The molecular weight excluding hydrogens is 501 g/mol. The summed E-state index contributed by atoms with van der Waals surface area (Å²) in [7, 11) is 0. The van der Waals surface area contributed by atoms with Gasteiger partial charge in [-0.3, -0.25) is 14.4 Å². The topological polar surface area (TPSA) is 99.5 Å². The summed E-state index contributed by atoms with van der Waals surface area (Å²) in [6.07, 6.45) is 1.69. The molecule has 0 radical (unpaired) electrons. The molecule has 0 saturated carbocycles. The molecule has 3 aliphatic rings. The van der Waals surface area contributed by atoms with Gasteiger partial charge < -0.3 is 19.4 Å². The van der Waals surface area contributed by atoms with E-state index < -0.39 is 11.5 Å². The molecule has 0 saturated heterocycles. The first-order valence-electron chi connectivity index (χ1n) is 13.5. The average Bonchev–Trinajstić information content (AvgIpc) is 3.25. The third kappa shape index (κ3) is 4.06. The molecule has 2 aromatic heterocycles. The number of ether oxygens (including phenoxy) is 2. The molecule has 39 heavy (non-hydrogen) atoms. The van der Waals surface area contributed by atoms with Crippen LogP contribution in [-0.2, 0) is 38.6 Å². The smallest absolute Gasteiger partial charge is 0.313 e. The Hall–Kier alpha value is -3.59. The van der Waals surface area contributed by atoms with E-state index in [0.29, 0.717) is 52.9 Å². The van der Waals surface area contributed by atoms with Crippen molar-refractivity contribution in [3.8, 4) is 11.4 Å². The molecular formula is C30H32FN3O5.